The summed E-state index contributed by atoms with van der Waals surface area (Å²) in [6.07, 6.45) is 4.76. The van der Waals surface area contributed by atoms with Crippen molar-refractivity contribution in [1.29, 1.82) is 0 Å². The van der Waals surface area contributed by atoms with E-state index in [1.807, 2.05) is 12.1 Å². The number of benzene rings is 1. The van der Waals surface area contributed by atoms with Gasteiger partial charge in [-0.25, -0.2) is 0 Å². The van der Waals surface area contributed by atoms with Gasteiger partial charge < -0.3 is 9.64 Å². The molecule has 0 aromatic heterocycles. The van der Waals surface area contributed by atoms with Crippen LogP contribution in [0.3, 0.4) is 0 Å². The second-order valence-corrected chi connectivity index (χ2v) is 3.88. The molecule has 0 saturated carbocycles. The summed E-state index contributed by atoms with van der Waals surface area (Å²) >= 11 is 0. The van der Waals surface area contributed by atoms with Crippen molar-refractivity contribution in [3.8, 4) is 5.75 Å². The third-order valence-electron chi connectivity index (χ3n) is 2.83. The summed E-state index contributed by atoms with van der Waals surface area (Å²) in [6, 6.07) is 8.26. The van der Waals surface area contributed by atoms with Crippen LogP contribution in [-0.4, -0.2) is 25.6 Å². The molecule has 80 valence electrons. The molecule has 2 rings (SSSR count). The van der Waals surface area contributed by atoms with Gasteiger partial charge >= 0.3 is 0 Å². The molecular formula is C13H17NO. The van der Waals surface area contributed by atoms with E-state index in [0.29, 0.717) is 0 Å². The van der Waals surface area contributed by atoms with Crippen molar-refractivity contribution < 1.29 is 4.74 Å². The maximum atomic E-state index is 5.15. The topological polar surface area (TPSA) is 12.5 Å². The lowest BCUT2D eigenvalue weighted by molar-refractivity contribution is 0.414. The van der Waals surface area contributed by atoms with E-state index in [-0.39, 0.29) is 0 Å². The lowest BCUT2D eigenvalue weighted by Crippen LogP contribution is -2.21. The van der Waals surface area contributed by atoms with Crippen molar-refractivity contribution in [3.63, 3.8) is 0 Å². The zero-order chi connectivity index (χ0) is 10.7. The molecule has 15 heavy (non-hydrogen) atoms. The van der Waals surface area contributed by atoms with Gasteiger partial charge in [0.25, 0.3) is 0 Å². The first kappa shape index (κ1) is 10.1. The van der Waals surface area contributed by atoms with E-state index in [4.69, 9.17) is 4.74 Å². The van der Waals surface area contributed by atoms with Crippen LogP contribution >= 0.6 is 0 Å². The number of ether oxygens (including phenoxy) is 1. The highest BCUT2D eigenvalue weighted by Crippen LogP contribution is 2.24. The average molecular weight is 203 g/mol. The highest BCUT2D eigenvalue weighted by molar-refractivity contribution is 5.65. The minimum absolute atomic E-state index is 0.915. The second-order valence-electron chi connectivity index (χ2n) is 3.88. The Balaban J connectivity index is 2.24. The molecule has 0 unspecified atom stereocenters. The summed E-state index contributed by atoms with van der Waals surface area (Å²) in [4.78, 5) is 2.31. The summed E-state index contributed by atoms with van der Waals surface area (Å²) in [5.74, 6) is 0.915. The largest absolute Gasteiger partial charge is 0.497 e. The molecule has 0 aliphatic carbocycles. The second kappa shape index (κ2) is 4.39. The zero-order valence-electron chi connectivity index (χ0n) is 9.36. The molecule has 1 aliphatic rings. The van der Waals surface area contributed by atoms with E-state index in [1.54, 1.807) is 7.11 Å². The number of nitrogens with zero attached hydrogens (tertiary/aromatic N) is 1. The molecule has 0 atom stereocenters. The molecule has 1 heterocycles. The Labute approximate surface area is 91.2 Å². The summed E-state index contributed by atoms with van der Waals surface area (Å²) < 4.78 is 5.15. The first-order chi connectivity index (χ1) is 7.31. The van der Waals surface area contributed by atoms with Gasteiger partial charge in [-0.15, -0.1) is 0 Å². The van der Waals surface area contributed by atoms with Crippen LogP contribution < -0.4 is 4.74 Å². The van der Waals surface area contributed by atoms with Crippen molar-refractivity contribution in [2.24, 2.45) is 0 Å². The number of hydrogen-bond donors (Lipinski definition) is 0. The molecule has 0 spiro atoms. The van der Waals surface area contributed by atoms with E-state index >= 15 is 0 Å². The van der Waals surface area contributed by atoms with Gasteiger partial charge in [0.1, 0.15) is 5.75 Å². The molecule has 2 nitrogen and oxygen atoms in total. The first-order valence-electron chi connectivity index (χ1n) is 5.37. The van der Waals surface area contributed by atoms with E-state index in [2.05, 4.69) is 30.2 Å². The minimum atomic E-state index is 0.915. The predicted molar refractivity (Wildman–Crippen MR) is 62.8 cm³/mol. The van der Waals surface area contributed by atoms with Gasteiger partial charge in [-0.05, 0) is 42.7 Å². The van der Waals surface area contributed by atoms with Crippen LogP contribution in [0.2, 0.25) is 0 Å². The zero-order valence-corrected chi connectivity index (χ0v) is 9.36. The maximum absolute atomic E-state index is 5.15. The molecule has 0 saturated heterocycles. The van der Waals surface area contributed by atoms with Gasteiger partial charge in [-0.2, -0.15) is 0 Å². The quantitative estimate of drug-likeness (QED) is 0.732. The summed E-state index contributed by atoms with van der Waals surface area (Å²) in [5, 5.41) is 0. The molecule has 1 aromatic carbocycles. The lowest BCUT2D eigenvalue weighted by Gasteiger charge is -2.26. The van der Waals surface area contributed by atoms with Crippen molar-refractivity contribution in [2.45, 2.75) is 12.8 Å². The van der Waals surface area contributed by atoms with E-state index in [1.165, 1.54) is 24.1 Å². The Kier molecular flexibility index (Phi) is 2.95. The first-order valence-corrected chi connectivity index (χ1v) is 5.37. The standard InChI is InChI=1S/C13H17NO/c1-14-10-4-3-5-13(14)11-6-8-12(15-2)9-7-11/h5-9H,3-4,10H2,1-2H3. The van der Waals surface area contributed by atoms with Crippen LogP contribution in [0.1, 0.15) is 18.4 Å². The minimum Gasteiger partial charge on any atom is -0.497 e. The van der Waals surface area contributed by atoms with Crippen LogP contribution in [0.15, 0.2) is 30.3 Å². The van der Waals surface area contributed by atoms with Gasteiger partial charge in [0.15, 0.2) is 0 Å². The van der Waals surface area contributed by atoms with Crippen molar-refractivity contribution in [2.75, 3.05) is 20.7 Å². The Bertz CT molecular complexity index is 353. The van der Waals surface area contributed by atoms with Gasteiger partial charge in [-0.3, -0.25) is 0 Å². The molecule has 1 aliphatic heterocycles. The lowest BCUT2D eigenvalue weighted by atomic mass is 10.1. The number of hydrogen-bond acceptors (Lipinski definition) is 2. The fourth-order valence-electron chi connectivity index (χ4n) is 1.94. The summed E-state index contributed by atoms with van der Waals surface area (Å²) in [5.41, 5.74) is 2.61. The normalized spacial score (nSPS) is 16.1. The smallest absolute Gasteiger partial charge is 0.118 e. The van der Waals surface area contributed by atoms with Crippen molar-refractivity contribution >= 4 is 5.70 Å². The molecule has 1 aromatic rings. The summed E-state index contributed by atoms with van der Waals surface area (Å²) in [7, 11) is 3.84. The van der Waals surface area contributed by atoms with Crippen LogP contribution in [0.5, 0.6) is 5.75 Å². The van der Waals surface area contributed by atoms with Crippen LogP contribution in [0.4, 0.5) is 0 Å². The van der Waals surface area contributed by atoms with E-state index < -0.39 is 0 Å². The molecule has 0 fully saturated rings. The highest BCUT2D eigenvalue weighted by atomic mass is 16.5. The molecule has 0 bridgehead atoms. The third-order valence-corrected chi connectivity index (χ3v) is 2.83. The van der Waals surface area contributed by atoms with Crippen molar-refractivity contribution in [1.82, 2.24) is 4.90 Å². The SMILES string of the molecule is COc1ccc(C2=CCCCN2C)cc1. The number of rotatable bonds is 2. The summed E-state index contributed by atoms with van der Waals surface area (Å²) in [6.45, 7) is 1.15. The Morgan fingerprint density at radius 1 is 1.20 bits per heavy atom. The monoisotopic (exact) mass is 203 g/mol. The Morgan fingerprint density at radius 3 is 2.53 bits per heavy atom. The number of methoxy groups -OCH3 is 1. The molecule has 0 N–H and O–H groups in total. The van der Waals surface area contributed by atoms with Crippen molar-refractivity contribution in [3.05, 3.63) is 35.9 Å². The third kappa shape index (κ3) is 2.14. The van der Waals surface area contributed by atoms with E-state index in [9.17, 15) is 0 Å². The van der Waals surface area contributed by atoms with Gasteiger partial charge in [-0.1, -0.05) is 6.08 Å². The number of allylic oxidation sites excluding steroid dienone is 1. The molecule has 2 heteroatoms. The van der Waals surface area contributed by atoms with E-state index in [0.717, 1.165) is 12.3 Å². The van der Waals surface area contributed by atoms with Crippen LogP contribution in [-0.2, 0) is 0 Å². The predicted octanol–water partition coefficient (Wildman–Crippen LogP) is 2.76. The molecular weight excluding hydrogens is 186 g/mol. The fraction of sp³-hybridized carbons (Fsp3) is 0.385. The average Bonchev–Trinajstić information content (AvgIpc) is 2.30. The van der Waals surface area contributed by atoms with Gasteiger partial charge in [0.2, 0.25) is 0 Å². The maximum Gasteiger partial charge on any atom is 0.118 e. The molecule has 0 radical (unpaired) electrons. The Hall–Kier alpha value is -1.44. The fourth-order valence-corrected chi connectivity index (χ4v) is 1.94. The van der Waals surface area contributed by atoms with Crippen LogP contribution in [0.25, 0.3) is 5.70 Å². The van der Waals surface area contributed by atoms with Gasteiger partial charge in [0, 0.05) is 19.3 Å². The Morgan fingerprint density at radius 2 is 1.93 bits per heavy atom. The van der Waals surface area contributed by atoms with Crippen LogP contribution in [0, 0.1) is 0 Å². The highest BCUT2D eigenvalue weighted by Gasteiger charge is 2.10. The molecule has 0 amide bonds. The van der Waals surface area contributed by atoms with Gasteiger partial charge in [0.05, 0.1) is 7.11 Å².